The van der Waals surface area contributed by atoms with Crippen LogP contribution in [0, 0.1) is 0 Å². The summed E-state index contributed by atoms with van der Waals surface area (Å²) in [6.07, 6.45) is 1.98. The maximum absolute atomic E-state index is 4.75. The first kappa shape index (κ1) is 14.8. The maximum atomic E-state index is 4.75. The van der Waals surface area contributed by atoms with Crippen LogP contribution in [0.1, 0.15) is 26.3 Å². The van der Waals surface area contributed by atoms with E-state index in [1.165, 1.54) is 10.9 Å². The summed E-state index contributed by atoms with van der Waals surface area (Å²) in [5.74, 6) is 1.87. The average Bonchev–Trinajstić information content (AvgIpc) is 2.87. The zero-order chi connectivity index (χ0) is 14.9. The normalized spacial score (nSPS) is 12.3. The number of hydrogen-bond donors (Lipinski definition) is 0. The van der Waals surface area contributed by atoms with Crippen molar-refractivity contribution in [3.8, 4) is 5.82 Å². The summed E-state index contributed by atoms with van der Waals surface area (Å²) in [6, 6.07) is 6.42. The van der Waals surface area contributed by atoms with E-state index in [2.05, 4.69) is 44.5 Å². The van der Waals surface area contributed by atoms with Crippen molar-refractivity contribution in [2.45, 2.75) is 32.7 Å². The van der Waals surface area contributed by atoms with E-state index >= 15 is 0 Å². The predicted molar refractivity (Wildman–Crippen MR) is 88.4 cm³/mol. The summed E-state index contributed by atoms with van der Waals surface area (Å²) >= 11 is 0. The Labute approximate surface area is 123 Å². The second-order valence-corrected chi connectivity index (χ2v) is 7.75. The van der Waals surface area contributed by atoms with Gasteiger partial charge in [-0.1, -0.05) is 27.3 Å². The molecule has 0 spiro atoms. The molecule has 20 heavy (non-hydrogen) atoms. The zero-order valence-electron chi connectivity index (χ0n) is 13.3. The highest BCUT2D eigenvalue weighted by molar-refractivity contribution is 6.50. The van der Waals surface area contributed by atoms with Crippen LogP contribution in [0.2, 0.25) is 6.55 Å². The van der Waals surface area contributed by atoms with Crippen LogP contribution in [0.25, 0.3) is 5.82 Å². The van der Waals surface area contributed by atoms with Gasteiger partial charge in [-0.05, 0) is 23.1 Å². The summed E-state index contributed by atoms with van der Waals surface area (Å²) in [4.78, 5) is 6.75. The molecule has 2 aromatic heterocycles. The molecule has 0 saturated heterocycles. The fourth-order valence-corrected chi connectivity index (χ4v) is 2.73. The van der Waals surface area contributed by atoms with Crippen molar-refractivity contribution in [1.82, 2.24) is 14.8 Å². The SMILES string of the molecule is C[SiH2]c1cc(C(C)(C)C)cc(-n2ccc(N(C)C)n2)n1. The zero-order valence-corrected chi connectivity index (χ0v) is 14.7. The van der Waals surface area contributed by atoms with Gasteiger partial charge < -0.3 is 4.90 Å². The third kappa shape index (κ3) is 3.09. The molecule has 0 aliphatic rings. The number of nitrogens with zero attached hydrogens (tertiary/aromatic N) is 4. The fraction of sp³-hybridized carbons (Fsp3) is 0.467. The van der Waals surface area contributed by atoms with Crippen LogP contribution in [-0.4, -0.2) is 38.4 Å². The fourth-order valence-electron chi connectivity index (χ4n) is 1.98. The number of pyridine rings is 1. The predicted octanol–water partition coefficient (Wildman–Crippen LogP) is 1.47. The van der Waals surface area contributed by atoms with E-state index < -0.39 is 0 Å². The first-order chi connectivity index (χ1) is 9.31. The topological polar surface area (TPSA) is 34.0 Å². The molecule has 0 saturated carbocycles. The summed E-state index contributed by atoms with van der Waals surface area (Å²) in [6.45, 7) is 8.98. The van der Waals surface area contributed by atoms with Crippen molar-refractivity contribution in [2.75, 3.05) is 19.0 Å². The van der Waals surface area contributed by atoms with Crippen molar-refractivity contribution in [2.24, 2.45) is 0 Å². The second-order valence-electron chi connectivity index (χ2n) is 6.32. The van der Waals surface area contributed by atoms with Gasteiger partial charge in [0.05, 0.1) is 9.52 Å². The molecular weight excluding hydrogens is 264 g/mol. The summed E-state index contributed by atoms with van der Waals surface area (Å²) < 4.78 is 1.87. The van der Waals surface area contributed by atoms with Crippen LogP contribution >= 0.6 is 0 Å². The van der Waals surface area contributed by atoms with Crippen LogP contribution in [-0.2, 0) is 5.41 Å². The largest absolute Gasteiger partial charge is 0.361 e. The molecule has 0 bridgehead atoms. The van der Waals surface area contributed by atoms with Crippen LogP contribution in [0.15, 0.2) is 24.4 Å². The molecule has 0 N–H and O–H groups in total. The monoisotopic (exact) mass is 288 g/mol. The third-order valence-corrected chi connectivity index (χ3v) is 4.45. The van der Waals surface area contributed by atoms with Crippen molar-refractivity contribution >= 4 is 20.7 Å². The Bertz CT molecular complexity index is 596. The lowest BCUT2D eigenvalue weighted by molar-refractivity contribution is 0.588. The number of hydrogen-bond acceptors (Lipinski definition) is 3. The maximum Gasteiger partial charge on any atom is 0.153 e. The molecule has 0 amide bonds. The highest BCUT2D eigenvalue weighted by Crippen LogP contribution is 2.22. The molecule has 2 heterocycles. The van der Waals surface area contributed by atoms with Crippen LogP contribution in [0.4, 0.5) is 5.82 Å². The quantitative estimate of drug-likeness (QED) is 0.802. The summed E-state index contributed by atoms with van der Waals surface area (Å²) in [7, 11) is 3.71. The van der Waals surface area contributed by atoms with Gasteiger partial charge in [0.2, 0.25) is 0 Å². The molecule has 0 aliphatic heterocycles. The molecule has 108 valence electrons. The molecule has 2 aromatic rings. The second kappa shape index (κ2) is 5.40. The van der Waals surface area contributed by atoms with E-state index in [9.17, 15) is 0 Å². The Morgan fingerprint density at radius 3 is 2.40 bits per heavy atom. The standard InChI is InChI=1S/C15H24N4Si/c1-15(2,3)11-9-13(16-14(10-11)20-6)19-8-7-12(17-19)18(4)5/h7-10H,20H2,1-6H3. The molecule has 4 nitrogen and oxygen atoms in total. The number of anilines is 1. The van der Waals surface area contributed by atoms with Gasteiger partial charge in [0, 0.05) is 31.7 Å². The minimum absolute atomic E-state index is 0.132. The van der Waals surface area contributed by atoms with Gasteiger partial charge >= 0.3 is 0 Å². The van der Waals surface area contributed by atoms with Gasteiger partial charge in [-0.3, -0.25) is 0 Å². The first-order valence-corrected chi connectivity index (χ1v) is 9.18. The molecule has 0 unspecified atom stereocenters. The summed E-state index contributed by atoms with van der Waals surface area (Å²) in [5.41, 5.74) is 1.46. The molecule has 5 heteroatoms. The van der Waals surface area contributed by atoms with Crippen LogP contribution in [0.3, 0.4) is 0 Å². The smallest absolute Gasteiger partial charge is 0.153 e. The van der Waals surface area contributed by atoms with Crippen molar-refractivity contribution in [3.63, 3.8) is 0 Å². The molecule has 0 atom stereocenters. The average molecular weight is 288 g/mol. The van der Waals surface area contributed by atoms with E-state index in [0.717, 1.165) is 11.6 Å². The Hall–Kier alpha value is -1.62. The van der Waals surface area contributed by atoms with E-state index in [-0.39, 0.29) is 14.9 Å². The van der Waals surface area contributed by atoms with E-state index in [1.807, 2.05) is 35.9 Å². The molecule has 0 aliphatic carbocycles. The van der Waals surface area contributed by atoms with Crippen molar-refractivity contribution in [3.05, 3.63) is 30.0 Å². The number of rotatable bonds is 3. The molecule has 0 fully saturated rings. The van der Waals surface area contributed by atoms with Gasteiger partial charge in [-0.15, -0.1) is 5.10 Å². The Morgan fingerprint density at radius 1 is 1.20 bits per heavy atom. The van der Waals surface area contributed by atoms with Crippen molar-refractivity contribution < 1.29 is 0 Å². The van der Waals surface area contributed by atoms with Gasteiger partial charge in [-0.2, -0.15) is 0 Å². The third-order valence-electron chi connectivity index (χ3n) is 3.36. The lowest BCUT2D eigenvalue weighted by Crippen LogP contribution is -2.23. The lowest BCUT2D eigenvalue weighted by Gasteiger charge is -2.20. The Kier molecular flexibility index (Phi) is 3.99. The summed E-state index contributed by atoms with van der Waals surface area (Å²) in [5, 5.41) is 5.82. The van der Waals surface area contributed by atoms with E-state index in [0.29, 0.717) is 0 Å². The van der Waals surface area contributed by atoms with E-state index in [1.54, 1.807) is 0 Å². The van der Waals surface area contributed by atoms with Gasteiger partial charge in [0.1, 0.15) is 0 Å². The lowest BCUT2D eigenvalue weighted by atomic mass is 9.88. The molecule has 2 rings (SSSR count). The van der Waals surface area contributed by atoms with Gasteiger partial charge in [0.25, 0.3) is 0 Å². The Morgan fingerprint density at radius 2 is 1.90 bits per heavy atom. The Balaban J connectivity index is 2.49. The molecule has 0 radical (unpaired) electrons. The highest BCUT2D eigenvalue weighted by atomic mass is 28.2. The van der Waals surface area contributed by atoms with Crippen LogP contribution in [0.5, 0.6) is 0 Å². The minimum Gasteiger partial charge on any atom is -0.361 e. The molecular formula is C15H24N4Si. The van der Waals surface area contributed by atoms with Crippen molar-refractivity contribution in [1.29, 1.82) is 0 Å². The van der Waals surface area contributed by atoms with Crippen LogP contribution < -0.4 is 10.2 Å². The minimum atomic E-state index is -0.286. The first-order valence-electron chi connectivity index (χ1n) is 7.06. The highest BCUT2D eigenvalue weighted by Gasteiger charge is 2.16. The van der Waals surface area contributed by atoms with Gasteiger partial charge in [-0.25, -0.2) is 9.67 Å². The number of aromatic nitrogens is 3. The molecule has 0 aromatic carbocycles. The van der Waals surface area contributed by atoms with Gasteiger partial charge in [0.15, 0.2) is 11.6 Å². The van der Waals surface area contributed by atoms with E-state index in [4.69, 9.17) is 4.98 Å².